The van der Waals surface area contributed by atoms with Gasteiger partial charge in [0.2, 0.25) is 0 Å². The van der Waals surface area contributed by atoms with Crippen LogP contribution in [0.5, 0.6) is 0 Å². The van der Waals surface area contributed by atoms with Gasteiger partial charge in [-0.15, -0.1) is 5.10 Å². The predicted octanol–water partition coefficient (Wildman–Crippen LogP) is 1.28. The Bertz CT molecular complexity index is 377. The molecule has 7 heteroatoms. The van der Waals surface area contributed by atoms with Crippen molar-refractivity contribution in [1.82, 2.24) is 25.2 Å². The molecule has 2 unspecified atom stereocenters. The Hall–Kier alpha value is -0.110. The maximum Gasteiger partial charge on any atom is 0.153 e. The number of rotatable bonds is 4. The monoisotopic (exact) mass is 333 g/mol. The zero-order valence-corrected chi connectivity index (χ0v) is 13.5. The van der Waals surface area contributed by atoms with Crippen LogP contribution < -0.4 is 5.32 Å². The van der Waals surface area contributed by atoms with Crippen molar-refractivity contribution in [2.24, 2.45) is 7.05 Å². The van der Waals surface area contributed by atoms with Crippen LogP contribution in [0.3, 0.4) is 0 Å². The Kier molecular flexibility index (Phi) is 5.06. The van der Waals surface area contributed by atoms with Gasteiger partial charge < -0.3 is 5.32 Å². The molecule has 102 valence electrons. The van der Waals surface area contributed by atoms with Crippen molar-refractivity contribution in [2.75, 3.05) is 31.6 Å². The van der Waals surface area contributed by atoms with Gasteiger partial charge in [0.25, 0.3) is 0 Å². The lowest BCUT2D eigenvalue weighted by atomic mass is 10.1. The maximum atomic E-state index is 4.10. The number of hydrogen-bond donors (Lipinski definition) is 1. The molecular formula is C11H20BrN5S. The van der Waals surface area contributed by atoms with Crippen molar-refractivity contribution in [1.29, 1.82) is 0 Å². The molecule has 0 bridgehead atoms. The van der Waals surface area contributed by atoms with Gasteiger partial charge in [-0.3, -0.25) is 4.90 Å². The van der Waals surface area contributed by atoms with Gasteiger partial charge in [-0.05, 0) is 29.5 Å². The van der Waals surface area contributed by atoms with Crippen molar-refractivity contribution < 1.29 is 0 Å². The van der Waals surface area contributed by atoms with E-state index >= 15 is 0 Å². The minimum absolute atomic E-state index is 0.266. The fourth-order valence-corrected chi connectivity index (χ4v) is 4.21. The zero-order chi connectivity index (χ0) is 13.1. The van der Waals surface area contributed by atoms with Crippen LogP contribution >= 0.6 is 27.7 Å². The summed E-state index contributed by atoms with van der Waals surface area (Å²) in [4.78, 5) is 2.43. The number of halogens is 1. The Morgan fingerprint density at radius 2 is 2.33 bits per heavy atom. The second kappa shape index (κ2) is 6.36. The molecule has 0 aliphatic carbocycles. The van der Waals surface area contributed by atoms with Gasteiger partial charge in [-0.1, -0.05) is 12.1 Å². The second-order valence-corrected chi connectivity index (χ2v) is 6.45. The standard InChI is InChI=1S/C11H20BrN5S/c1-4-13-9(8-7-18-6-5-16(8)2)10-11(12)14-15-17(10)3/h8-9,13H,4-7H2,1-3H3. The van der Waals surface area contributed by atoms with Crippen molar-refractivity contribution in [3.05, 3.63) is 10.3 Å². The van der Waals surface area contributed by atoms with Crippen LogP contribution in [0.1, 0.15) is 18.7 Å². The molecule has 0 saturated carbocycles. The third kappa shape index (κ3) is 2.89. The van der Waals surface area contributed by atoms with E-state index in [1.54, 1.807) is 0 Å². The summed E-state index contributed by atoms with van der Waals surface area (Å²) in [7, 11) is 4.15. The summed E-state index contributed by atoms with van der Waals surface area (Å²) in [6.07, 6.45) is 0. The molecule has 1 aliphatic heterocycles. The number of nitrogens with one attached hydrogen (secondary N) is 1. The first kappa shape index (κ1) is 14.3. The number of nitrogens with zero attached hydrogens (tertiary/aromatic N) is 4. The van der Waals surface area contributed by atoms with Crippen LogP contribution in [-0.4, -0.2) is 57.6 Å². The normalized spacial score (nSPS) is 23.2. The Labute approximate surface area is 121 Å². The van der Waals surface area contributed by atoms with E-state index in [1.807, 2.05) is 23.5 Å². The van der Waals surface area contributed by atoms with Crippen LogP contribution in [0.2, 0.25) is 0 Å². The predicted molar refractivity (Wildman–Crippen MR) is 78.9 cm³/mol. The molecule has 1 aliphatic rings. The smallest absolute Gasteiger partial charge is 0.153 e. The Balaban J connectivity index is 2.27. The van der Waals surface area contributed by atoms with Gasteiger partial charge in [0, 0.05) is 31.1 Å². The highest BCUT2D eigenvalue weighted by Crippen LogP contribution is 2.29. The molecule has 2 heterocycles. The third-order valence-electron chi connectivity index (χ3n) is 3.37. The van der Waals surface area contributed by atoms with E-state index in [-0.39, 0.29) is 6.04 Å². The summed E-state index contributed by atoms with van der Waals surface area (Å²) in [5.74, 6) is 2.36. The van der Waals surface area contributed by atoms with Gasteiger partial charge in [-0.25, -0.2) is 4.68 Å². The minimum Gasteiger partial charge on any atom is -0.308 e. The highest BCUT2D eigenvalue weighted by molar-refractivity contribution is 9.10. The van der Waals surface area contributed by atoms with Gasteiger partial charge in [0.15, 0.2) is 4.60 Å². The topological polar surface area (TPSA) is 46.0 Å². The summed E-state index contributed by atoms with van der Waals surface area (Å²) in [5, 5.41) is 11.8. The highest BCUT2D eigenvalue weighted by atomic mass is 79.9. The van der Waals surface area contributed by atoms with Gasteiger partial charge in [-0.2, -0.15) is 11.8 Å². The summed E-state index contributed by atoms with van der Waals surface area (Å²) in [6, 6.07) is 0.749. The van der Waals surface area contributed by atoms with Crippen molar-refractivity contribution in [2.45, 2.75) is 19.0 Å². The Morgan fingerprint density at radius 3 is 2.89 bits per heavy atom. The van der Waals surface area contributed by atoms with Gasteiger partial charge in [0.1, 0.15) is 0 Å². The molecule has 1 aromatic rings. The van der Waals surface area contributed by atoms with Crippen molar-refractivity contribution in [3.63, 3.8) is 0 Å². The highest BCUT2D eigenvalue weighted by Gasteiger charge is 2.32. The molecule has 0 amide bonds. The number of thioether (sulfide) groups is 1. The first-order valence-electron chi connectivity index (χ1n) is 6.21. The average Bonchev–Trinajstić information content (AvgIpc) is 2.68. The number of aromatic nitrogens is 3. The minimum atomic E-state index is 0.266. The van der Waals surface area contributed by atoms with E-state index in [9.17, 15) is 0 Å². The van der Waals surface area contributed by atoms with Crippen molar-refractivity contribution >= 4 is 27.7 Å². The average molecular weight is 334 g/mol. The lowest BCUT2D eigenvalue weighted by Gasteiger charge is -2.38. The van der Waals surface area contributed by atoms with E-state index < -0.39 is 0 Å². The molecular weight excluding hydrogens is 314 g/mol. The third-order valence-corrected chi connectivity index (χ3v) is 4.99. The molecule has 1 N–H and O–H groups in total. The summed E-state index contributed by atoms with van der Waals surface area (Å²) < 4.78 is 2.71. The van der Waals surface area contributed by atoms with E-state index in [1.165, 1.54) is 5.75 Å². The molecule has 1 fully saturated rings. The van der Waals surface area contributed by atoms with Crippen LogP contribution in [-0.2, 0) is 7.05 Å². The summed E-state index contributed by atoms with van der Waals surface area (Å²) >= 11 is 5.54. The van der Waals surface area contributed by atoms with Crippen LogP contribution in [0.15, 0.2) is 4.60 Å². The summed E-state index contributed by atoms with van der Waals surface area (Å²) in [6.45, 7) is 4.22. The van der Waals surface area contributed by atoms with Crippen LogP contribution in [0.25, 0.3) is 0 Å². The Morgan fingerprint density at radius 1 is 1.56 bits per heavy atom. The molecule has 0 aromatic carbocycles. The molecule has 1 saturated heterocycles. The van der Waals surface area contributed by atoms with E-state index in [0.717, 1.165) is 29.1 Å². The maximum absolute atomic E-state index is 4.10. The van der Waals surface area contributed by atoms with Gasteiger partial charge in [0.05, 0.1) is 11.7 Å². The molecule has 2 atom stereocenters. The van der Waals surface area contributed by atoms with Gasteiger partial charge >= 0.3 is 0 Å². The first-order valence-corrected chi connectivity index (χ1v) is 8.16. The SMILES string of the molecule is CCNC(c1c(Br)nnn1C)C1CSCCN1C. The van der Waals surface area contributed by atoms with Crippen LogP contribution in [0, 0.1) is 0 Å². The number of hydrogen-bond acceptors (Lipinski definition) is 5. The van der Waals surface area contributed by atoms with E-state index in [4.69, 9.17) is 0 Å². The molecule has 0 spiro atoms. The molecule has 1 aromatic heterocycles. The summed E-state index contributed by atoms with van der Waals surface area (Å²) in [5.41, 5.74) is 1.14. The molecule has 2 rings (SSSR count). The molecule has 0 radical (unpaired) electrons. The molecule has 18 heavy (non-hydrogen) atoms. The van der Waals surface area contributed by atoms with Crippen LogP contribution in [0.4, 0.5) is 0 Å². The second-order valence-electron chi connectivity index (χ2n) is 4.55. The van der Waals surface area contributed by atoms with Crippen molar-refractivity contribution in [3.8, 4) is 0 Å². The first-order chi connectivity index (χ1) is 8.65. The lowest BCUT2D eigenvalue weighted by molar-refractivity contribution is 0.211. The van der Waals surface area contributed by atoms with E-state index in [0.29, 0.717) is 6.04 Å². The number of aryl methyl sites for hydroxylation is 1. The fourth-order valence-electron chi connectivity index (χ4n) is 2.36. The van der Waals surface area contributed by atoms with E-state index in [2.05, 4.69) is 50.4 Å². The lowest BCUT2D eigenvalue weighted by Crippen LogP contribution is -2.48. The zero-order valence-electron chi connectivity index (χ0n) is 11.1. The quantitative estimate of drug-likeness (QED) is 0.899. The number of likely N-dealkylation sites (N-methyl/N-ethyl adjacent to an activating group) is 2. The largest absolute Gasteiger partial charge is 0.308 e. The molecule has 5 nitrogen and oxygen atoms in total. The fraction of sp³-hybridized carbons (Fsp3) is 0.818.